The van der Waals surface area contributed by atoms with Crippen LogP contribution in [0, 0.1) is 0 Å². The zero-order chi connectivity index (χ0) is 48.2. The lowest BCUT2D eigenvalue weighted by molar-refractivity contribution is -0.138. The van der Waals surface area contributed by atoms with E-state index in [1.165, 1.54) is 24.3 Å². The molecule has 4 aromatic heterocycles. The van der Waals surface area contributed by atoms with Crippen LogP contribution in [0.4, 0.5) is 26.3 Å². The number of nitrogens with zero attached hydrogens (tertiary/aromatic N) is 5. The summed E-state index contributed by atoms with van der Waals surface area (Å²) in [4.78, 5) is 9.97. The molecule has 342 valence electrons. The molecule has 0 amide bonds. The molecule has 0 fully saturated rings. The first-order valence-electron chi connectivity index (χ1n) is 22.9. The first kappa shape index (κ1) is 42.2. The molecule has 0 saturated heterocycles. The van der Waals surface area contributed by atoms with Crippen LogP contribution in [0.2, 0.25) is 0 Å². The minimum Gasteiger partial charge on any atom is -0.307 e. The van der Waals surface area contributed by atoms with Crippen LogP contribution < -0.4 is 0 Å². The highest BCUT2D eigenvalue weighted by Gasteiger charge is 2.32. The number of fused-ring (bicyclic) bond motifs is 9. The molecule has 0 unspecified atom stereocenters. The molecule has 71 heavy (non-hydrogen) atoms. The Bertz CT molecular complexity index is 3880. The predicted molar refractivity (Wildman–Crippen MR) is 271 cm³/mol. The summed E-state index contributed by atoms with van der Waals surface area (Å²) in [5.74, 6) is 0.0921. The molecule has 4 heterocycles. The van der Waals surface area contributed by atoms with E-state index in [0.29, 0.717) is 22.4 Å². The van der Waals surface area contributed by atoms with E-state index in [-0.39, 0.29) is 11.5 Å². The fourth-order valence-electron chi connectivity index (χ4n) is 10.4. The van der Waals surface area contributed by atoms with E-state index in [2.05, 4.69) is 98.6 Å². The summed E-state index contributed by atoms with van der Waals surface area (Å²) in [6.07, 6.45) is -9.16. The molecule has 0 aliphatic carbocycles. The molecule has 0 radical (unpaired) electrons. The summed E-state index contributed by atoms with van der Waals surface area (Å²) in [5, 5.41) is 6.28. The molecule has 0 atom stereocenters. The second kappa shape index (κ2) is 15.8. The minimum absolute atomic E-state index is 0.0921. The summed E-state index contributed by atoms with van der Waals surface area (Å²) >= 11 is 0. The summed E-state index contributed by atoms with van der Waals surface area (Å²) in [7, 11) is 0. The monoisotopic (exact) mass is 939 g/mol. The van der Waals surface area contributed by atoms with Crippen molar-refractivity contribution < 1.29 is 26.3 Å². The van der Waals surface area contributed by atoms with Gasteiger partial charge in [-0.15, -0.1) is 0 Å². The van der Waals surface area contributed by atoms with Crippen LogP contribution in [0.15, 0.2) is 212 Å². The Morgan fingerprint density at radius 3 is 0.930 bits per heavy atom. The lowest BCUT2D eigenvalue weighted by atomic mass is 10.0. The molecular weight excluding hydrogens is 905 g/mol. The molecule has 0 aliphatic rings. The molecule has 0 aliphatic heterocycles. The third-order valence-electron chi connectivity index (χ3n) is 13.5. The Hall–Kier alpha value is -8.96. The van der Waals surface area contributed by atoms with Gasteiger partial charge in [-0.05, 0) is 78.9 Å². The summed E-state index contributed by atoms with van der Waals surface area (Å²) in [6, 6.07) is 65.0. The highest BCUT2D eigenvalue weighted by Crippen LogP contribution is 2.45. The van der Waals surface area contributed by atoms with E-state index in [1.807, 2.05) is 72.8 Å². The third kappa shape index (κ3) is 6.79. The normalized spacial score (nSPS) is 12.4. The number of rotatable bonds is 6. The molecule has 13 aromatic rings. The number of halogens is 6. The number of benzene rings is 9. The Balaban J connectivity index is 1.21. The van der Waals surface area contributed by atoms with Crippen molar-refractivity contribution >= 4 is 65.4 Å². The minimum atomic E-state index is -4.59. The van der Waals surface area contributed by atoms with Gasteiger partial charge in [0.25, 0.3) is 0 Å². The van der Waals surface area contributed by atoms with Crippen molar-refractivity contribution in [3.63, 3.8) is 0 Å². The maximum Gasteiger partial charge on any atom is 0.416 e. The van der Waals surface area contributed by atoms with Gasteiger partial charge in [0.2, 0.25) is 0 Å². The lowest BCUT2D eigenvalue weighted by Crippen LogP contribution is -2.10. The average Bonchev–Trinajstić information content (AvgIpc) is 4.03. The van der Waals surface area contributed by atoms with E-state index in [1.54, 1.807) is 6.07 Å². The maximum absolute atomic E-state index is 13.9. The molecule has 13 rings (SSSR count). The Kier molecular flexibility index (Phi) is 9.38. The molecule has 0 spiro atoms. The van der Waals surface area contributed by atoms with Gasteiger partial charge in [0.15, 0.2) is 5.82 Å². The van der Waals surface area contributed by atoms with E-state index in [0.717, 1.165) is 107 Å². The quantitative estimate of drug-likeness (QED) is 0.156. The van der Waals surface area contributed by atoms with Gasteiger partial charge >= 0.3 is 12.4 Å². The Labute approximate surface area is 400 Å². The third-order valence-corrected chi connectivity index (χ3v) is 13.5. The number of aromatic nitrogens is 5. The van der Waals surface area contributed by atoms with E-state index < -0.39 is 23.5 Å². The zero-order valence-corrected chi connectivity index (χ0v) is 37.2. The van der Waals surface area contributed by atoms with Gasteiger partial charge in [0.05, 0.1) is 72.7 Å². The average molecular weight is 940 g/mol. The van der Waals surface area contributed by atoms with Gasteiger partial charge in [-0.25, -0.2) is 9.97 Å². The zero-order valence-electron chi connectivity index (χ0n) is 37.2. The smallest absolute Gasteiger partial charge is 0.307 e. The number of para-hydroxylation sites is 6. The number of alkyl halides is 6. The Morgan fingerprint density at radius 1 is 0.296 bits per heavy atom. The van der Waals surface area contributed by atoms with Crippen molar-refractivity contribution in [2.24, 2.45) is 0 Å². The molecule has 0 saturated carbocycles. The standard InChI is InChI=1S/C60H35F6N5/c61-59(62,63)39-29-25-36(26-30-39)47-35-48(68-58(67-47)37-27-31-40(32-28-37)60(64,65)66)38-33-55(69-49-19-7-1-13-41(49)42-14-2-8-20-50(42)69)57(71-53-23-11-5-17-45(53)46-18-6-12-24-54(46)71)56(34-38)70-51-21-9-3-15-43(51)44-16-4-10-22-52(44)70/h1-35H. The van der Waals surface area contributed by atoms with E-state index in [9.17, 15) is 26.3 Å². The van der Waals surface area contributed by atoms with Crippen LogP contribution in [0.1, 0.15) is 11.1 Å². The topological polar surface area (TPSA) is 40.6 Å². The second-order valence-corrected chi connectivity index (χ2v) is 17.6. The van der Waals surface area contributed by atoms with Gasteiger partial charge in [0, 0.05) is 49.0 Å². The number of hydrogen-bond acceptors (Lipinski definition) is 2. The fraction of sp³-hybridized carbons (Fsp3) is 0.0333. The van der Waals surface area contributed by atoms with Crippen LogP contribution in [0.25, 0.3) is 116 Å². The highest BCUT2D eigenvalue weighted by molar-refractivity contribution is 6.14. The predicted octanol–water partition coefficient (Wildman–Crippen LogP) is 16.8. The summed E-state index contributed by atoms with van der Waals surface area (Å²) in [5.41, 5.74) is 8.42. The summed E-state index contributed by atoms with van der Waals surface area (Å²) in [6.45, 7) is 0. The van der Waals surface area contributed by atoms with Crippen LogP contribution in [0.5, 0.6) is 0 Å². The highest BCUT2D eigenvalue weighted by atomic mass is 19.4. The van der Waals surface area contributed by atoms with Gasteiger partial charge in [0.1, 0.15) is 0 Å². The molecular formula is C60H35F6N5. The lowest BCUT2D eigenvalue weighted by Gasteiger charge is -2.23. The fourth-order valence-corrected chi connectivity index (χ4v) is 10.4. The first-order chi connectivity index (χ1) is 34.5. The van der Waals surface area contributed by atoms with Crippen LogP contribution in [-0.2, 0) is 12.4 Å². The van der Waals surface area contributed by atoms with Crippen LogP contribution in [-0.4, -0.2) is 23.7 Å². The molecule has 9 aromatic carbocycles. The van der Waals surface area contributed by atoms with Crippen molar-refractivity contribution in [2.75, 3.05) is 0 Å². The van der Waals surface area contributed by atoms with Crippen LogP contribution in [0.3, 0.4) is 0 Å². The van der Waals surface area contributed by atoms with E-state index in [4.69, 9.17) is 9.97 Å². The van der Waals surface area contributed by atoms with Gasteiger partial charge in [-0.1, -0.05) is 133 Å². The Morgan fingerprint density at radius 2 is 0.592 bits per heavy atom. The van der Waals surface area contributed by atoms with Crippen molar-refractivity contribution in [1.29, 1.82) is 0 Å². The van der Waals surface area contributed by atoms with Crippen LogP contribution >= 0.6 is 0 Å². The van der Waals surface area contributed by atoms with Crippen molar-refractivity contribution in [3.8, 4) is 51.0 Å². The first-order valence-corrected chi connectivity index (χ1v) is 22.9. The largest absolute Gasteiger partial charge is 0.416 e. The van der Waals surface area contributed by atoms with Crippen molar-refractivity contribution in [2.45, 2.75) is 12.4 Å². The maximum atomic E-state index is 13.9. The number of hydrogen-bond donors (Lipinski definition) is 0. The van der Waals surface area contributed by atoms with Gasteiger partial charge in [-0.3, -0.25) is 0 Å². The van der Waals surface area contributed by atoms with Crippen molar-refractivity contribution in [3.05, 3.63) is 223 Å². The van der Waals surface area contributed by atoms with Crippen molar-refractivity contribution in [1.82, 2.24) is 23.7 Å². The van der Waals surface area contributed by atoms with Gasteiger partial charge in [-0.2, -0.15) is 26.3 Å². The molecule has 0 N–H and O–H groups in total. The second-order valence-electron chi connectivity index (χ2n) is 17.6. The van der Waals surface area contributed by atoms with E-state index >= 15 is 0 Å². The summed E-state index contributed by atoms with van der Waals surface area (Å²) < 4.78 is 90.3. The molecule has 5 nitrogen and oxygen atoms in total. The SMILES string of the molecule is FC(F)(F)c1ccc(-c2cc(-c3cc(-n4c5ccccc5c5ccccc54)c(-n4c5ccccc5c5ccccc54)c(-n4c5ccccc5c5ccccc54)c3)nc(-c3ccc(C(F)(F)F)cc3)n2)cc1. The molecule has 11 heteroatoms. The van der Waals surface area contributed by atoms with Gasteiger partial charge < -0.3 is 13.7 Å². The molecule has 0 bridgehead atoms.